The molecule has 8 nitrogen and oxygen atoms in total. The van der Waals surface area contributed by atoms with E-state index in [1.54, 1.807) is 6.08 Å². The molecule has 0 bridgehead atoms. The summed E-state index contributed by atoms with van der Waals surface area (Å²) in [6, 6.07) is -0.908. The minimum Gasteiger partial charge on any atom is -0.756 e. The summed E-state index contributed by atoms with van der Waals surface area (Å²) in [7, 11) is 1.25. The van der Waals surface area contributed by atoms with Gasteiger partial charge in [-0.15, -0.1) is 0 Å². The highest BCUT2D eigenvalue weighted by atomic mass is 31.2. The SMILES string of the molecule is CCCCCCCCC/C=C/CC/C=C/CC/C=C/C(O)C(COP(=O)([O-])OCC[N+](C)(C)C)NC(=O)CCCCCCCCCCCCCCCCCCCCCCCCCCCCCCCCCCCCCCC. The van der Waals surface area contributed by atoms with Crippen molar-refractivity contribution in [1.29, 1.82) is 0 Å². The van der Waals surface area contributed by atoms with Crippen LogP contribution >= 0.6 is 7.82 Å². The second-order valence-electron chi connectivity index (χ2n) is 24.2. The minimum absolute atomic E-state index is 0.00735. The number of amides is 1. The largest absolute Gasteiger partial charge is 0.756 e. The van der Waals surface area contributed by atoms with Gasteiger partial charge < -0.3 is 28.8 Å². The van der Waals surface area contributed by atoms with Gasteiger partial charge in [0.15, 0.2) is 0 Å². The Bertz CT molecular complexity index is 1330. The van der Waals surface area contributed by atoms with Crippen LogP contribution < -0.4 is 10.2 Å². The van der Waals surface area contributed by atoms with E-state index in [9.17, 15) is 19.4 Å². The summed E-state index contributed by atoms with van der Waals surface area (Å²) in [5.74, 6) is -0.205. The molecule has 450 valence electrons. The molecule has 0 saturated carbocycles. The van der Waals surface area contributed by atoms with Gasteiger partial charge in [-0.05, 0) is 44.9 Å². The van der Waals surface area contributed by atoms with E-state index in [0.717, 1.165) is 44.9 Å². The van der Waals surface area contributed by atoms with Crippen LogP contribution in [0.1, 0.15) is 335 Å². The van der Waals surface area contributed by atoms with Crippen molar-refractivity contribution in [2.24, 2.45) is 0 Å². The minimum atomic E-state index is -4.61. The zero-order chi connectivity index (χ0) is 55.6. The molecule has 1 amide bonds. The number of aliphatic hydroxyl groups excluding tert-OH is 1. The highest BCUT2D eigenvalue weighted by Gasteiger charge is 2.23. The first kappa shape index (κ1) is 74.7. The van der Waals surface area contributed by atoms with Crippen molar-refractivity contribution in [2.45, 2.75) is 347 Å². The van der Waals surface area contributed by atoms with Crippen LogP contribution in [-0.4, -0.2) is 68.5 Å². The lowest BCUT2D eigenvalue weighted by Gasteiger charge is -2.29. The Labute approximate surface area is 474 Å². The van der Waals surface area contributed by atoms with Crippen LogP contribution in [0.15, 0.2) is 36.5 Å². The Morgan fingerprint density at radius 3 is 1.07 bits per heavy atom. The number of rotatable bonds is 62. The van der Waals surface area contributed by atoms with Crippen molar-refractivity contribution in [3.63, 3.8) is 0 Å². The van der Waals surface area contributed by atoms with E-state index in [-0.39, 0.29) is 12.5 Å². The fourth-order valence-corrected chi connectivity index (χ4v) is 10.9. The number of hydrogen-bond donors (Lipinski definition) is 2. The van der Waals surface area contributed by atoms with Crippen molar-refractivity contribution in [3.8, 4) is 0 Å². The van der Waals surface area contributed by atoms with Gasteiger partial charge in [-0.2, -0.15) is 0 Å². The first-order valence-corrected chi connectivity index (χ1v) is 34.8. The summed E-state index contributed by atoms with van der Waals surface area (Å²) >= 11 is 0. The number of hydrogen-bond acceptors (Lipinski definition) is 6. The van der Waals surface area contributed by atoms with Gasteiger partial charge in [-0.25, -0.2) is 0 Å². The highest BCUT2D eigenvalue weighted by molar-refractivity contribution is 7.45. The molecule has 0 aliphatic carbocycles. The van der Waals surface area contributed by atoms with E-state index in [4.69, 9.17) is 9.05 Å². The van der Waals surface area contributed by atoms with Crippen molar-refractivity contribution in [3.05, 3.63) is 36.5 Å². The van der Waals surface area contributed by atoms with Gasteiger partial charge in [0.25, 0.3) is 7.82 Å². The summed E-state index contributed by atoms with van der Waals surface area (Å²) in [5.41, 5.74) is 0. The number of nitrogens with one attached hydrogen (secondary N) is 1. The zero-order valence-electron chi connectivity index (χ0n) is 51.5. The molecular weight excluding hydrogens is 960 g/mol. The van der Waals surface area contributed by atoms with Crippen LogP contribution in [0.25, 0.3) is 0 Å². The fourth-order valence-electron chi connectivity index (χ4n) is 10.1. The summed E-state index contributed by atoms with van der Waals surface area (Å²) in [4.78, 5) is 25.5. The molecule has 0 fully saturated rings. The van der Waals surface area contributed by atoms with Crippen molar-refractivity contribution >= 4 is 13.7 Å². The molecule has 0 saturated heterocycles. The average molecular weight is 1090 g/mol. The third-order valence-electron chi connectivity index (χ3n) is 15.3. The van der Waals surface area contributed by atoms with Gasteiger partial charge in [0, 0.05) is 6.42 Å². The highest BCUT2D eigenvalue weighted by Crippen LogP contribution is 2.38. The van der Waals surface area contributed by atoms with Crippen LogP contribution in [0, 0.1) is 0 Å². The molecule has 76 heavy (non-hydrogen) atoms. The topological polar surface area (TPSA) is 108 Å². The summed E-state index contributed by atoms with van der Waals surface area (Å²) in [5, 5.41) is 13.9. The molecule has 0 aliphatic heterocycles. The van der Waals surface area contributed by atoms with Gasteiger partial charge in [0.2, 0.25) is 5.91 Å². The third-order valence-corrected chi connectivity index (χ3v) is 16.3. The van der Waals surface area contributed by atoms with Crippen LogP contribution in [0.5, 0.6) is 0 Å². The number of allylic oxidation sites excluding steroid dienone is 5. The van der Waals surface area contributed by atoms with Crippen LogP contribution in [-0.2, 0) is 18.4 Å². The molecule has 0 aromatic rings. The van der Waals surface area contributed by atoms with E-state index in [1.807, 2.05) is 27.2 Å². The van der Waals surface area contributed by atoms with Gasteiger partial charge in [-0.3, -0.25) is 9.36 Å². The Balaban J connectivity index is 3.95. The standard InChI is InChI=1S/C67H131N2O6P/c1-6-8-10-12-14-16-18-20-22-24-25-26-27-28-29-30-31-32-33-34-35-36-37-38-39-40-41-42-43-45-47-49-51-53-55-57-59-61-67(71)68-65(64-75-76(72,73)74-63-62-69(3,4)5)66(70)60-58-56-54-52-50-48-46-44-23-21-19-17-15-13-11-9-7-2/h23,44,50,52,58,60,65-66,70H,6-22,24-43,45-49,51,53-57,59,61-64H2,1-5H3,(H-,68,71,72,73)/b44-23+,52-50+,60-58+. The zero-order valence-corrected chi connectivity index (χ0v) is 52.4. The normalized spacial score (nSPS) is 13.9. The number of likely N-dealkylation sites (N-methyl/N-ethyl adjacent to an activating group) is 1. The number of aliphatic hydroxyl groups is 1. The molecule has 9 heteroatoms. The molecule has 0 heterocycles. The average Bonchev–Trinajstić information content (AvgIpc) is 3.38. The van der Waals surface area contributed by atoms with Crippen LogP contribution in [0.4, 0.5) is 0 Å². The van der Waals surface area contributed by atoms with Gasteiger partial charge >= 0.3 is 0 Å². The maximum Gasteiger partial charge on any atom is 0.268 e. The van der Waals surface area contributed by atoms with Crippen molar-refractivity contribution in [2.75, 3.05) is 40.9 Å². The monoisotopic (exact) mass is 1090 g/mol. The predicted molar refractivity (Wildman–Crippen MR) is 330 cm³/mol. The molecule has 0 aliphatic rings. The van der Waals surface area contributed by atoms with Crippen molar-refractivity contribution < 1.29 is 32.9 Å². The quantitative estimate of drug-likeness (QED) is 0.0272. The van der Waals surface area contributed by atoms with E-state index in [2.05, 4.69) is 43.5 Å². The van der Waals surface area contributed by atoms with Gasteiger partial charge in [0.1, 0.15) is 13.2 Å². The fraction of sp³-hybridized carbons (Fsp3) is 0.896. The van der Waals surface area contributed by atoms with Gasteiger partial charge in [0.05, 0.1) is 39.9 Å². The molecule has 3 atom stereocenters. The van der Waals surface area contributed by atoms with E-state index >= 15 is 0 Å². The second-order valence-corrected chi connectivity index (χ2v) is 25.6. The number of phosphoric ester groups is 1. The Kier molecular flexibility index (Phi) is 57.4. The summed E-state index contributed by atoms with van der Waals surface area (Å²) < 4.78 is 23.4. The number of phosphoric acid groups is 1. The van der Waals surface area contributed by atoms with E-state index in [1.165, 1.54) is 270 Å². The summed E-state index contributed by atoms with van der Waals surface area (Å²) in [6.07, 6.45) is 77.1. The number of quaternary nitrogens is 1. The van der Waals surface area contributed by atoms with Crippen molar-refractivity contribution in [1.82, 2.24) is 5.32 Å². The predicted octanol–water partition coefficient (Wildman–Crippen LogP) is 20.3. The Hall–Kier alpha value is -1.28. The molecule has 0 aromatic heterocycles. The molecule has 0 radical (unpaired) electrons. The summed E-state index contributed by atoms with van der Waals surface area (Å²) in [6.45, 7) is 4.65. The van der Waals surface area contributed by atoms with E-state index < -0.39 is 26.6 Å². The second kappa shape index (κ2) is 58.4. The molecule has 0 rings (SSSR count). The first-order chi connectivity index (χ1) is 37.0. The Morgan fingerprint density at radius 1 is 0.447 bits per heavy atom. The lowest BCUT2D eigenvalue weighted by Crippen LogP contribution is -2.45. The lowest BCUT2D eigenvalue weighted by molar-refractivity contribution is -0.870. The number of carbonyl (C=O) groups is 1. The lowest BCUT2D eigenvalue weighted by atomic mass is 10.0. The molecule has 2 N–H and O–H groups in total. The Morgan fingerprint density at radius 2 is 0.737 bits per heavy atom. The number of nitrogens with zero attached hydrogens (tertiary/aromatic N) is 1. The van der Waals surface area contributed by atoms with Gasteiger partial charge in [-0.1, -0.05) is 320 Å². The number of unbranched alkanes of at least 4 members (excludes halogenated alkanes) is 45. The maximum absolute atomic E-state index is 13.0. The molecule has 0 aromatic carbocycles. The van der Waals surface area contributed by atoms with E-state index in [0.29, 0.717) is 17.4 Å². The van der Waals surface area contributed by atoms with Crippen LogP contribution in [0.3, 0.4) is 0 Å². The maximum atomic E-state index is 13.0. The smallest absolute Gasteiger partial charge is 0.268 e. The molecule has 0 spiro atoms. The van der Waals surface area contributed by atoms with Crippen LogP contribution in [0.2, 0.25) is 0 Å². The molecular formula is C67H131N2O6P. The third kappa shape index (κ3) is 60.4. The number of carbonyl (C=O) groups excluding carboxylic acids is 1. The first-order valence-electron chi connectivity index (χ1n) is 33.4. The molecule has 3 unspecified atom stereocenters.